The molecule has 2 saturated heterocycles. The van der Waals surface area contributed by atoms with Gasteiger partial charge in [-0.15, -0.1) is 13.2 Å². The van der Waals surface area contributed by atoms with Crippen LogP contribution >= 0.6 is 0 Å². The zero-order chi connectivity index (χ0) is 29.8. The minimum absolute atomic E-state index is 0.00367. The van der Waals surface area contributed by atoms with Gasteiger partial charge in [0.2, 0.25) is 0 Å². The number of likely N-dealkylation sites (tertiary alicyclic amines) is 1. The molecule has 0 bridgehead atoms. The molecule has 226 valence electrons. The summed E-state index contributed by atoms with van der Waals surface area (Å²) in [6.45, 7) is 4.22. The van der Waals surface area contributed by atoms with Crippen molar-refractivity contribution in [3.8, 4) is 11.5 Å². The largest absolute Gasteiger partial charge is 0.573 e. The van der Waals surface area contributed by atoms with Crippen molar-refractivity contribution in [1.29, 1.82) is 0 Å². The highest BCUT2D eigenvalue weighted by Gasteiger charge is 2.31. The summed E-state index contributed by atoms with van der Waals surface area (Å²) in [6.07, 6.45) is -1.37. The van der Waals surface area contributed by atoms with Gasteiger partial charge in [-0.05, 0) is 66.9 Å². The summed E-state index contributed by atoms with van der Waals surface area (Å²) < 4.78 is 53.3. The second kappa shape index (κ2) is 12.6. The Morgan fingerprint density at radius 2 is 1.56 bits per heavy atom. The lowest BCUT2D eigenvalue weighted by Gasteiger charge is -2.33. The molecule has 3 heterocycles. The molecule has 0 atom stereocenters. The van der Waals surface area contributed by atoms with Crippen LogP contribution in [0.1, 0.15) is 41.8 Å². The van der Waals surface area contributed by atoms with Crippen molar-refractivity contribution in [2.24, 2.45) is 0 Å². The Labute approximate surface area is 248 Å². The van der Waals surface area contributed by atoms with Crippen molar-refractivity contribution in [2.45, 2.75) is 50.7 Å². The van der Waals surface area contributed by atoms with Crippen molar-refractivity contribution >= 4 is 22.6 Å². The van der Waals surface area contributed by atoms with Crippen molar-refractivity contribution in [2.75, 3.05) is 31.1 Å². The van der Waals surface area contributed by atoms with E-state index >= 15 is 0 Å². The Bertz CT molecular complexity index is 1510. The molecule has 0 unspecified atom stereocenters. The molecule has 0 saturated carbocycles. The number of nitrogens with one attached hydrogen (secondary N) is 1. The molecule has 0 aliphatic carbocycles. The average Bonchev–Trinajstić information content (AvgIpc) is 3.43. The first-order valence-electron chi connectivity index (χ1n) is 14.7. The average molecular weight is 594 g/mol. The molecule has 10 heteroatoms. The minimum atomic E-state index is -4.70. The number of alkyl halides is 3. The Balaban J connectivity index is 0.978. The Kier molecular flexibility index (Phi) is 8.47. The van der Waals surface area contributed by atoms with E-state index in [4.69, 9.17) is 9.15 Å². The smallest absolute Gasteiger partial charge is 0.490 e. The number of hydrogen-bond donors (Lipinski definition) is 1. The van der Waals surface area contributed by atoms with Crippen LogP contribution in [0.2, 0.25) is 0 Å². The minimum Gasteiger partial charge on any atom is -0.490 e. The number of anilines is 1. The Morgan fingerprint density at radius 1 is 0.860 bits per heavy atom. The summed E-state index contributed by atoms with van der Waals surface area (Å²) in [5, 5.41) is 3.94. The SMILES string of the molecule is O=C(NC1CCN(Cc2ccccc2)CC1)c1cc2cc(OC3CCN(c4ccc(OC(F)(F)F)cc4)CC3)ccc2o1. The number of rotatable bonds is 8. The third-order valence-corrected chi connectivity index (χ3v) is 8.06. The summed E-state index contributed by atoms with van der Waals surface area (Å²) in [4.78, 5) is 17.5. The molecule has 1 N–H and O–H groups in total. The molecule has 7 nitrogen and oxygen atoms in total. The van der Waals surface area contributed by atoms with E-state index in [-0.39, 0.29) is 23.8 Å². The van der Waals surface area contributed by atoms with Crippen molar-refractivity contribution < 1.29 is 31.9 Å². The number of furan rings is 1. The standard InChI is InChI=1S/C33H34F3N3O4/c34-33(35,36)43-28-8-6-26(7-9-28)39-18-14-27(15-19-39)41-29-10-11-30-24(20-29)21-31(42-30)32(40)37-25-12-16-38(17-13-25)22-23-4-2-1-3-5-23/h1-11,20-21,25,27H,12-19,22H2,(H,37,40). The molecular weight excluding hydrogens is 559 g/mol. The van der Waals surface area contributed by atoms with E-state index in [9.17, 15) is 18.0 Å². The first kappa shape index (κ1) is 28.9. The van der Waals surface area contributed by atoms with Gasteiger partial charge in [-0.2, -0.15) is 0 Å². The monoisotopic (exact) mass is 593 g/mol. The van der Waals surface area contributed by atoms with Gasteiger partial charge in [-0.1, -0.05) is 30.3 Å². The van der Waals surface area contributed by atoms with E-state index in [0.717, 1.165) is 56.4 Å². The van der Waals surface area contributed by atoms with E-state index < -0.39 is 6.36 Å². The van der Waals surface area contributed by atoms with Gasteiger partial charge in [-0.3, -0.25) is 9.69 Å². The number of ether oxygens (including phenoxy) is 2. The zero-order valence-electron chi connectivity index (χ0n) is 23.7. The first-order valence-corrected chi connectivity index (χ1v) is 14.7. The summed E-state index contributed by atoms with van der Waals surface area (Å²) in [6, 6.07) is 23.8. The normalized spacial score (nSPS) is 17.2. The maximum absolute atomic E-state index is 13.0. The van der Waals surface area contributed by atoms with Crippen LogP contribution in [0.3, 0.4) is 0 Å². The van der Waals surface area contributed by atoms with Crippen LogP contribution in [0.25, 0.3) is 11.0 Å². The first-order chi connectivity index (χ1) is 20.8. The maximum atomic E-state index is 13.0. The number of fused-ring (bicyclic) bond motifs is 1. The van der Waals surface area contributed by atoms with Gasteiger partial charge in [-0.25, -0.2) is 0 Å². The molecule has 6 rings (SSSR count). The number of nitrogens with zero attached hydrogens (tertiary/aromatic N) is 2. The van der Waals surface area contributed by atoms with Gasteiger partial charge in [0.15, 0.2) is 5.76 Å². The summed E-state index contributed by atoms with van der Waals surface area (Å²) in [5.74, 6) is 0.562. The Morgan fingerprint density at radius 3 is 2.26 bits per heavy atom. The quantitative estimate of drug-likeness (QED) is 0.243. The van der Waals surface area contributed by atoms with Crippen LogP contribution in [-0.4, -0.2) is 55.5 Å². The van der Waals surface area contributed by atoms with Gasteiger partial charge in [0, 0.05) is 62.7 Å². The van der Waals surface area contributed by atoms with Gasteiger partial charge < -0.3 is 24.1 Å². The fourth-order valence-corrected chi connectivity index (χ4v) is 5.82. The third-order valence-electron chi connectivity index (χ3n) is 8.06. The summed E-state index contributed by atoms with van der Waals surface area (Å²) in [7, 11) is 0. The van der Waals surface area contributed by atoms with Crippen molar-refractivity contribution in [3.63, 3.8) is 0 Å². The van der Waals surface area contributed by atoms with Crippen LogP contribution in [0.4, 0.5) is 18.9 Å². The highest BCUT2D eigenvalue weighted by molar-refractivity contribution is 5.96. The van der Waals surface area contributed by atoms with Gasteiger partial charge in [0.25, 0.3) is 5.91 Å². The number of amides is 1. The van der Waals surface area contributed by atoms with E-state index in [1.54, 1.807) is 18.2 Å². The molecule has 2 aliphatic rings. The highest BCUT2D eigenvalue weighted by atomic mass is 19.4. The lowest BCUT2D eigenvalue weighted by atomic mass is 10.0. The van der Waals surface area contributed by atoms with Gasteiger partial charge in [0.1, 0.15) is 23.2 Å². The molecule has 1 aromatic heterocycles. The van der Waals surface area contributed by atoms with E-state index in [1.165, 1.54) is 17.7 Å². The van der Waals surface area contributed by atoms with Crippen LogP contribution in [0, 0.1) is 0 Å². The fraction of sp³-hybridized carbons (Fsp3) is 0.364. The second-order valence-electron chi connectivity index (χ2n) is 11.2. The van der Waals surface area contributed by atoms with Crippen LogP contribution < -0.4 is 19.7 Å². The van der Waals surface area contributed by atoms with E-state index in [2.05, 4.69) is 44.1 Å². The predicted molar refractivity (Wildman–Crippen MR) is 157 cm³/mol. The molecule has 2 fully saturated rings. The summed E-state index contributed by atoms with van der Waals surface area (Å²) in [5.41, 5.74) is 2.77. The summed E-state index contributed by atoms with van der Waals surface area (Å²) >= 11 is 0. The van der Waals surface area contributed by atoms with Crippen molar-refractivity contribution in [3.05, 3.63) is 90.2 Å². The lowest BCUT2D eigenvalue weighted by Crippen LogP contribution is -2.44. The molecule has 0 spiro atoms. The van der Waals surface area contributed by atoms with Crippen molar-refractivity contribution in [1.82, 2.24) is 10.2 Å². The zero-order valence-corrected chi connectivity index (χ0v) is 23.7. The molecular formula is C33H34F3N3O4. The number of carbonyl (C=O) groups excluding carboxylic acids is 1. The number of piperidine rings is 2. The molecule has 2 aliphatic heterocycles. The molecule has 1 amide bonds. The highest BCUT2D eigenvalue weighted by Crippen LogP contribution is 2.30. The number of halogens is 3. The second-order valence-corrected chi connectivity index (χ2v) is 11.2. The number of benzene rings is 3. The van der Waals surface area contributed by atoms with E-state index in [0.29, 0.717) is 30.2 Å². The molecule has 43 heavy (non-hydrogen) atoms. The molecule has 0 radical (unpaired) electrons. The van der Waals surface area contributed by atoms with Crippen LogP contribution in [0.15, 0.2) is 83.3 Å². The van der Waals surface area contributed by atoms with E-state index in [1.807, 2.05) is 24.3 Å². The topological polar surface area (TPSA) is 67.2 Å². The predicted octanol–water partition coefficient (Wildman–Crippen LogP) is 6.77. The molecule has 3 aromatic carbocycles. The number of carbonyl (C=O) groups is 1. The Hall–Kier alpha value is -4.18. The van der Waals surface area contributed by atoms with Gasteiger partial charge in [0.05, 0.1) is 0 Å². The van der Waals surface area contributed by atoms with Crippen LogP contribution in [0.5, 0.6) is 11.5 Å². The van der Waals surface area contributed by atoms with Crippen LogP contribution in [-0.2, 0) is 6.54 Å². The molecule has 4 aromatic rings. The maximum Gasteiger partial charge on any atom is 0.573 e. The lowest BCUT2D eigenvalue weighted by molar-refractivity contribution is -0.274. The number of hydrogen-bond acceptors (Lipinski definition) is 6. The fourth-order valence-electron chi connectivity index (χ4n) is 5.82. The third kappa shape index (κ3) is 7.62. The van der Waals surface area contributed by atoms with Gasteiger partial charge >= 0.3 is 6.36 Å².